The fourth-order valence-corrected chi connectivity index (χ4v) is 4.47. The van der Waals surface area contributed by atoms with Crippen LogP contribution >= 0.6 is 11.3 Å². The van der Waals surface area contributed by atoms with E-state index in [1.165, 1.54) is 11.3 Å². The number of nitrogens with one attached hydrogen (secondary N) is 1. The number of pyridine rings is 1. The summed E-state index contributed by atoms with van der Waals surface area (Å²) in [6.45, 7) is 1.82. The predicted molar refractivity (Wildman–Crippen MR) is 123 cm³/mol. The summed E-state index contributed by atoms with van der Waals surface area (Å²) in [6, 6.07) is 13.9. The second kappa shape index (κ2) is 9.89. The van der Waals surface area contributed by atoms with E-state index >= 15 is 0 Å². The molecule has 1 aliphatic rings. The van der Waals surface area contributed by atoms with Gasteiger partial charge in [-0.1, -0.05) is 18.2 Å². The van der Waals surface area contributed by atoms with Gasteiger partial charge in [0.25, 0.3) is 0 Å². The SMILES string of the molecule is COc1cccc(CN(C)CC(=O)N2CCC[C@H]2c2cccc(Nc3nccs3)n2)c1. The van der Waals surface area contributed by atoms with E-state index in [9.17, 15) is 4.79 Å². The van der Waals surface area contributed by atoms with E-state index in [1.807, 2.05) is 64.7 Å². The number of benzene rings is 1. The maximum Gasteiger partial charge on any atom is 0.237 e. The van der Waals surface area contributed by atoms with Crippen LogP contribution in [0.25, 0.3) is 0 Å². The smallest absolute Gasteiger partial charge is 0.237 e. The number of amides is 1. The number of likely N-dealkylation sites (N-methyl/N-ethyl adjacent to an activating group) is 1. The molecule has 3 heterocycles. The highest BCUT2D eigenvalue weighted by Gasteiger charge is 2.31. The average molecular weight is 438 g/mol. The summed E-state index contributed by atoms with van der Waals surface area (Å²) in [7, 11) is 3.63. The van der Waals surface area contributed by atoms with Crippen LogP contribution in [0.1, 0.15) is 30.1 Å². The lowest BCUT2D eigenvalue weighted by Gasteiger charge is -2.27. The zero-order chi connectivity index (χ0) is 21.6. The highest BCUT2D eigenvalue weighted by atomic mass is 32.1. The molecular formula is C23H27N5O2S. The van der Waals surface area contributed by atoms with Gasteiger partial charge in [0.2, 0.25) is 5.91 Å². The molecule has 1 aliphatic heterocycles. The van der Waals surface area contributed by atoms with Crippen molar-refractivity contribution in [3.8, 4) is 5.75 Å². The predicted octanol–water partition coefficient (Wildman–Crippen LogP) is 4.09. The first kappa shape index (κ1) is 21.3. The Labute approximate surface area is 186 Å². The Bertz CT molecular complexity index is 1010. The number of ether oxygens (including phenoxy) is 1. The summed E-state index contributed by atoms with van der Waals surface area (Å²) in [6.07, 6.45) is 3.68. The minimum atomic E-state index is 0.00997. The van der Waals surface area contributed by atoms with Crippen LogP contribution in [0.5, 0.6) is 5.75 Å². The molecule has 0 saturated carbocycles. The Morgan fingerprint density at radius 3 is 3.00 bits per heavy atom. The minimum absolute atomic E-state index is 0.00997. The van der Waals surface area contributed by atoms with Crippen molar-refractivity contribution in [2.75, 3.05) is 32.6 Å². The summed E-state index contributed by atoms with van der Waals surface area (Å²) in [5.74, 6) is 1.71. The largest absolute Gasteiger partial charge is 0.497 e. The van der Waals surface area contributed by atoms with Crippen molar-refractivity contribution in [2.24, 2.45) is 0 Å². The maximum absolute atomic E-state index is 13.1. The monoisotopic (exact) mass is 437 g/mol. The number of rotatable bonds is 8. The van der Waals surface area contributed by atoms with E-state index in [4.69, 9.17) is 9.72 Å². The second-order valence-electron chi connectivity index (χ2n) is 7.68. The van der Waals surface area contributed by atoms with Crippen LogP contribution in [0, 0.1) is 0 Å². The molecule has 0 aliphatic carbocycles. The average Bonchev–Trinajstić information content (AvgIpc) is 3.46. The Hall–Kier alpha value is -2.97. The van der Waals surface area contributed by atoms with Crippen LogP contribution in [-0.4, -0.2) is 52.9 Å². The lowest BCUT2D eigenvalue weighted by Crippen LogP contribution is -2.38. The summed E-state index contributed by atoms with van der Waals surface area (Å²) < 4.78 is 5.30. The van der Waals surface area contributed by atoms with Crippen molar-refractivity contribution >= 4 is 28.2 Å². The number of carbonyl (C=O) groups is 1. The van der Waals surface area contributed by atoms with Crippen LogP contribution in [0.4, 0.5) is 10.9 Å². The molecule has 8 heteroatoms. The molecular weight excluding hydrogens is 410 g/mol. The summed E-state index contributed by atoms with van der Waals surface area (Å²) in [5, 5.41) is 5.97. The number of hydrogen-bond acceptors (Lipinski definition) is 7. The molecule has 1 aromatic carbocycles. The van der Waals surface area contributed by atoms with Crippen molar-refractivity contribution in [1.29, 1.82) is 0 Å². The highest BCUT2D eigenvalue weighted by Crippen LogP contribution is 2.32. The first-order valence-corrected chi connectivity index (χ1v) is 11.2. The van der Waals surface area contributed by atoms with Gasteiger partial charge in [0.1, 0.15) is 11.6 Å². The van der Waals surface area contributed by atoms with E-state index in [0.29, 0.717) is 13.1 Å². The molecule has 1 atom stereocenters. The van der Waals surface area contributed by atoms with Crippen molar-refractivity contribution in [1.82, 2.24) is 19.8 Å². The van der Waals surface area contributed by atoms with Crippen LogP contribution in [0.15, 0.2) is 54.0 Å². The van der Waals surface area contributed by atoms with Gasteiger partial charge in [0.05, 0.1) is 25.4 Å². The number of likely N-dealkylation sites (tertiary alicyclic amines) is 1. The number of carbonyl (C=O) groups excluding carboxylic acids is 1. The van der Waals surface area contributed by atoms with Gasteiger partial charge < -0.3 is 15.0 Å². The van der Waals surface area contributed by atoms with Gasteiger partial charge in [0, 0.05) is 24.7 Å². The van der Waals surface area contributed by atoms with Crippen LogP contribution in [-0.2, 0) is 11.3 Å². The number of hydrogen-bond donors (Lipinski definition) is 1. The summed E-state index contributed by atoms with van der Waals surface area (Å²) in [5.41, 5.74) is 2.04. The Morgan fingerprint density at radius 1 is 1.32 bits per heavy atom. The highest BCUT2D eigenvalue weighted by molar-refractivity contribution is 7.13. The molecule has 1 saturated heterocycles. The standard InChI is InChI=1S/C23H27N5O2S/c1-27(15-17-6-3-7-18(14-17)30-2)16-22(29)28-12-5-9-20(28)19-8-4-10-21(25-19)26-23-24-11-13-31-23/h3-4,6-8,10-11,13-14,20H,5,9,12,15-16H2,1-2H3,(H,24,25,26)/t20-/m0/s1. The van der Waals surface area contributed by atoms with Crippen LogP contribution < -0.4 is 10.1 Å². The maximum atomic E-state index is 13.1. The summed E-state index contributed by atoms with van der Waals surface area (Å²) >= 11 is 1.53. The van der Waals surface area contributed by atoms with Gasteiger partial charge in [-0.05, 0) is 49.7 Å². The normalized spacial score (nSPS) is 16.0. The van der Waals surface area contributed by atoms with Crippen molar-refractivity contribution in [2.45, 2.75) is 25.4 Å². The van der Waals surface area contributed by atoms with Gasteiger partial charge in [-0.2, -0.15) is 0 Å². The molecule has 0 bridgehead atoms. The molecule has 31 heavy (non-hydrogen) atoms. The second-order valence-corrected chi connectivity index (χ2v) is 8.57. The summed E-state index contributed by atoms with van der Waals surface area (Å²) in [4.78, 5) is 26.1. The molecule has 162 valence electrons. The van der Waals surface area contributed by atoms with E-state index in [1.54, 1.807) is 13.3 Å². The zero-order valence-electron chi connectivity index (χ0n) is 17.8. The molecule has 0 unspecified atom stereocenters. The number of anilines is 2. The van der Waals surface area contributed by atoms with Crippen LogP contribution in [0.2, 0.25) is 0 Å². The third kappa shape index (κ3) is 5.39. The molecule has 1 fully saturated rings. The van der Waals surface area contributed by atoms with Gasteiger partial charge in [0.15, 0.2) is 5.13 Å². The van der Waals surface area contributed by atoms with Gasteiger partial charge in [-0.3, -0.25) is 9.69 Å². The Balaban J connectivity index is 1.40. The molecule has 2 aromatic heterocycles. The molecule has 1 N–H and O–H groups in total. The lowest BCUT2D eigenvalue weighted by atomic mass is 10.1. The first-order chi connectivity index (χ1) is 15.1. The molecule has 4 rings (SSSR count). The molecule has 0 spiro atoms. The quantitative estimate of drug-likeness (QED) is 0.573. The zero-order valence-corrected chi connectivity index (χ0v) is 18.6. The fraction of sp³-hybridized carbons (Fsp3) is 0.348. The molecule has 7 nitrogen and oxygen atoms in total. The number of methoxy groups -OCH3 is 1. The number of thiazole rings is 1. The minimum Gasteiger partial charge on any atom is -0.497 e. The molecule has 1 amide bonds. The Morgan fingerprint density at radius 2 is 2.19 bits per heavy atom. The lowest BCUT2D eigenvalue weighted by molar-refractivity contribution is -0.133. The van der Waals surface area contributed by atoms with E-state index < -0.39 is 0 Å². The molecule has 0 radical (unpaired) electrons. The topological polar surface area (TPSA) is 70.6 Å². The number of nitrogens with zero attached hydrogens (tertiary/aromatic N) is 4. The van der Waals surface area contributed by atoms with E-state index in [0.717, 1.165) is 47.3 Å². The Kier molecular flexibility index (Phi) is 6.79. The van der Waals surface area contributed by atoms with Crippen LogP contribution in [0.3, 0.4) is 0 Å². The molecule has 3 aromatic rings. The van der Waals surface area contributed by atoms with Gasteiger partial charge in [-0.25, -0.2) is 9.97 Å². The van der Waals surface area contributed by atoms with Crippen molar-refractivity contribution < 1.29 is 9.53 Å². The van der Waals surface area contributed by atoms with Crippen molar-refractivity contribution in [3.63, 3.8) is 0 Å². The first-order valence-electron chi connectivity index (χ1n) is 10.4. The number of aromatic nitrogens is 2. The van der Waals surface area contributed by atoms with Gasteiger partial charge in [-0.15, -0.1) is 11.3 Å². The van der Waals surface area contributed by atoms with E-state index in [2.05, 4.69) is 10.3 Å². The van der Waals surface area contributed by atoms with Crippen molar-refractivity contribution in [3.05, 3.63) is 65.3 Å². The van der Waals surface area contributed by atoms with Gasteiger partial charge >= 0.3 is 0 Å². The third-order valence-electron chi connectivity index (χ3n) is 5.34. The fourth-order valence-electron chi connectivity index (χ4n) is 3.93. The third-order valence-corrected chi connectivity index (χ3v) is 6.03. The van der Waals surface area contributed by atoms with E-state index in [-0.39, 0.29) is 11.9 Å².